The molecule has 0 aliphatic carbocycles. The molecule has 2 aromatic heterocycles. The second-order valence-corrected chi connectivity index (χ2v) is 11.0. The molecule has 0 saturated carbocycles. The predicted octanol–water partition coefficient (Wildman–Crippen LogP) is 3.81. The number of aromatic nitrogens is 1. The van der Waals surface area contributed by atoms with E-state index in [0.717, 1.165) is 32.7 Å². The maximum Gasteiger partial charge on any atom is 0.246 e. The summed E-state index contributed by atoms with van der Waals surface area (Å²) in [6.45, 7) is 1.31. The van der Waals surface area contributed by atoms with E-state index >= 15 is 0 Å². The smallest absolute Gasteiger partial charge is 0.246 e. The second-order valence-electron chi connectivity index (χ2n) is 9.96. The van der Waals surface area contributed by atoms with Gasteiger partial charge in [0.2, 0.25) is 17.7 Å². The van der Waals surface area contributed by atoms with Gasteiger partial charge in [-0.1, -0.05) is 36.4 Å². The monoisotopic (exact) mass is 558 g/mol. The molecule has 1 saturated heterocycles. The van der Waals surface area contributed by atoms with Gasteiger partial charge in [0.1, 0.15) is 11.8 Å². The summed E-state index contributed by atoms with van der Waals surface area (Å²) in [6.07, 6.45) is 3.82. The number of piperazine rings is 1. The van der Waals surface area contributed by atoms with E-state index < -0.39 is 6.04 Å². The number of aromatic amines is 1. The predicted molar refractivity (Wildman–Crippen MR) is 156 cm³/mol. The molecule has 3 heterocycles. The van der Waals surface area contributed by atoms with Gasteiger partial charge in [-0.25, -0.2) is 0 Å². The fraction of sp³-hybridized carbons (Fsp3) is 0.323. The van der Waals surface area contributed by atoms with Crippen molar-refractivity contribution in [2.45, 2.75) is 31.7 Å². The fourth-order valence-corrected chi connectivity index (χ4v) is 5.89. The van der Waals surface area contributed by atoms with Crippen LogP contribution in [0.2, 0.25) is 0 Å². The molecule has 40 heavy (non-hydrogen) atoms. The first-order valence-electron chi connectivity index (χ1n) is 13.6. The summed E-state index contributed by atoms with van der Waals surface area (Å²) >= 11 is 1.62. The molecule has 2 N–H and O–H groups in total. The lowest BCUT2D eigenvalue weighted by molar-refractivity contribution is -0.157. The largest absolute Gasteiger partial charge is 0.497 e. The van der Waals surface area contributed by atoms with Crippen LogP contribution < -0.4 is 10.1 Å². The highest BCUT2D eigenvalue weighted by Crippen LogP contribution is 2.24. The number of H-pyrrole nitrogens is 1. The molecular weight excluding hydrogens is 524 g/mol. The van der Waals surface area contributed by atoms with Crippen LogP contribution in [0.5, 0.6) is 5.75 Å². The van der Waals surface area contributed by atoms with E-state index in [1.165, 1.54) is 0 Å². The number of nitrogens with zero attached hydrogens (tertiary/aromatic N) is 2. The molecule has 208 valence electrons. The van der Waals surface area contributed by atoms with Crippen molar-refractivity contribution in [2.24, 2.45) is 0 Å². The number of hydrogen-bond acceptors (Lipinski definition) is 5. The summed E-state index contributed by atoms with van der Waals surface area (Å²) < 4.78 is 5.35. The Kier molecular flexibility index (Phi) is 8.81. The SMILES string of the molecule is COc1ccc2[nH]cc(CCNC(=O)CC3C(=O)N(CCc4ccccc4)CC(=O)N3CCc3cccs3)c2c1. The number of fused-ring (bicyclic) bond motifs is 1. The number of benzene rings is 2. The minimum Gasteiger partial charge on any atom is -0.497 e. The molecule has 1 fully saturated rings. The Morgan fingerprint density at radius 3 is 2.67 bits per heavy atom. The number of carbonyl (C=O) groups is 3. The van der Waals surface area contributed by atoms with Crippen molar-refractivity contribution in [3.8, 4) is 5.75 Å². The van der Waals surface area contributed by atoms with E-state index in [-0.39, 0.29) is 30.7 Å². The van der Waals surface area contributed by atoms with E-state index in [0.29, 0.717) is 38.9 Å². The van der Waals surface area contributed by atoms with Gasteiger partial charge >= 0.3 is 0 Å². The third-order valence-corrected chi connectivity index (χ3v) is 8.32. The maximum atomic E-state index is 13.6. The van der Waals surface area contributed by atoms with E-state index in [1.807, 2.05) is 72.2 Å². The zero-order valence-electron chi connectivity index (χ0n) is 22.6. The molecule has 3 amide bonds. The van der Waals surface area contributed by atoms with Gasteiger partial charge in [-0.3, -0.25) is 14.4 Å². The van der Waals surface area contributed by atoms with Crippen molar-refractivity contribution in [2.75, 3.05) is 33.3 Å². The number of ether oxygens (including phenoxy) is 1. The van der Waals surface area contributed by atoms with Crippen molar-refractivity contribution < 1.29 is 19.1 Å². The number of thiophene rings is 1. The van der Waals surface area contributed by atoms with E-state index in [9.17, 15) is 14.4 Å². The average molecular weight is 559 g/mol. The summed E-state index contributed by atoms with van der Waals surface area (Å²) in [7, 11) is 1.64. The van der Waals surface area contributed by atoms with Crippen LogP contribution in [0.1, 0.15) is 22.4 Å². The quantitative estimate of drug-likeness (QED) is 0.277. The van der Waals surface area contributed by atoms with Crippen LogP contribution in [0, 0.1) is 0 Å². The molecule has 1 unspecified atom stereocenters. The van der Waals surface area contributed by atoms with Gasteiger partial charge in [0.25, 0.3) is 0 Å². The summed E-state index contributed by atoms with van der Waals surface area (Å²) in [5, 5.41) is 6.02. The fourth-order valence-electron chi connectivity index (χ4n) is 5.19. The van der Waals surface area contributed by atoms with E-state index in [4.69, 9.17) is 4.74 Å². The summed E-state index contributed by atoms with van der Waals surface area (Å²) in [6, 6.07) is 18.9. The van der Waals surface area contributed by atoms with Crippen molar-refractivity contribution in [3.63, 3.8) is 0 Å². The topological polar surface area (TPSA) is 94.7 Å². The molecule has 8 nitrogen and oxygen atoms in total. The van der Waals surface area contributed by atoms with Crippen molar-refractivity contribution >= 4 is 40.0 Å². The molecule has 2 aromatic carbocycles. The summed E-state index contributed by atoms with van der Waals surface area (Å²) in [5.74, 6) is 0.252. The van der Waals surface area contributed by atoms with Crippen molar-refractivity contribution in [1.29, 1.82) is 0 Å². The Hall–Kier alpha value is -4.11. The van der Waals surface area contributed by atoms with Gasteiger partial charge in [0.15, 0.2) is 0 Å². The summed E-state index contributed by atoms with van der Waals surface area (Å²) in [4.78, 5) is 47.5. The van der Waals surface area contributed by atoms with Gasteiger partial charge < -0.3 is 24.8 Å². The number of hydrogen-bond donors (Lipinski definition) is 2. The summed E-state index contributed by atoms with van der Waals surface area (Å²) in [5.41, 5.74) is 3.18. The molecule has 0 bridgehead atoms. The second kappa shape index (κ2) is 12.8. The Bertz CT molecular complexity index is 1450. The van der Waals surface area contributed by atoms with Crippen LogP contribution >= 0.6 is 11.3 Å². The highest BCUT2D eigenvalue weighted by Gasteiger charge is 2.40. The minimum absolute atomic E-state index is 0.0399. The molecule has 1 atom stereocenters. The van der Waals surface area contributed by atoms with E-state index in [2.05, 4.69) is 10.3 Å². The molecule has 4 aromatic rings. The molecule has 1 aliphatic heterocycles. The molecule has 0 spiro atoms. The first-order chi connectivity index (χ1) is 19.5. The van der Waals surface area contributed by atoms with Crippen LogP contribution in [0.3, 0.4) is 0 Å². The van der Waals surface area contributed by atoms with Gasteiger partial charge in [0, 0.05) is 41.6 Å². The van der Waals surface area contributed by atoms with Crippen LogP contribution in [-0.2, 0) is 33.6 Å². The zero-order valence-corrected chi connectivity index (χ0v) is 23.4. The van der Waals surface area contributed by atoms with E-state index in [1.54, 1.807) is 28.2 Å². The molecule has 1 aliphatic rings. The van der Waals surface area contributed by atoms with Gasteiger partial charge in [0.05, 0.1) is 20.1 Å². The Balaban J connectivity index is 1.23. The normalized spacial score (nSPS) is 15.6. The Morgan fingerprint density at radius 2 is 1.90 bits per heavy atom. The number of carbonyl (C=O) groups excluding carboxylic acids is 3. The number of rotatable bonds is 12. The molecule has 9 heteroatoms. The minimum atomic E-state index is -0.811. The van der Waals surface area contributed by atoms with Gasteiger partial charge in [-0.2, -0.15) is 0 Å². The third kappa shape index (κ3) is 6.54. The molecule has 0 radical (unpaired) electrons. The lowest BCUT2D eigenvalue weighted by atomic mass is 10.0. The van der Waals surface area contributed by atoms with Crippen molar-refractivity contribution in [3.05, 3.63) is 88.2 Å². The Labute approximate surface area is 237 Å². The highest BCUT2D eigenvalue weighted by atomic mass is 32.1. The van der Waals surface area contributed by atoms with Crippen LogP contribution in [0.15, 0.2) is 72.2 Å². The first kappa shape index (κ1) is 27.5. The zero-order chi connectivity index (χ0) is 27.9. The van der Waals surface area contributed by atoms with Crippen LogP contribution in [0.4, 0.5) is 0 Å². The lowest BCUT2D eigenvalue weighted by Crippen LogP contribution is -2.61. The number of amides is 3. The lowest BCUT2D eigenvalue weighted by Gasteiger charge is -2.40. The van der Waals surface area contributed by atoms with Gasteiger partial charge in [-0.05, 0) is 60.0 Å². The standard InChI is InChI=1S/C31H34N4O4S/c1-39-24-9-10-27-26(18-24)23(20-33-27)11-14-32-29(36)19-28-31(38)34(15-12-22-6-3-2-4-7-22)21-30(37)35(28)16-13-25-8-5-17-40-25/h2-10,17-18,20,28,33H,11-16,19,21H2,1H3,(H,32,36). The van der Waals surface area contributed by atoms with Crippen LogP contribution in [-0.4, -0.2) is 71.8 Å². The number of nitrogens with one attached hydrogen (secondary N) is 2. The molecular formula is C31H34N4O4S. The number of methoxy groups -OCH3 is 1. The maximum absolute atomic E-state index is 13.6. The molecule has 5 rings (SSSR count). The third-order valence-electron chi connectivity index (χ3n) is 7.38. The van der Waals surface area contributed by atoms with Crippen LogP contribution in [0.25, 0.3) is 10.9 Å². The average Bonchev–Trinajstić information content (AvgIpc) is 3.64. The Morgan fingerprint density at radius 1 is 1.05 bits per heavy atom. The highest BCUT2D eigenvalue weighted by molar-refractivity contribution is 7.09. The first-order valence-corrected chi connectivity index (χ1v) is 14.4. The van der Waals surface area contributed by atoms with Crippen molar-refractivity contribution in [1.82, 2.24) is 20.1 Å². The van der Waals surface area contributed by atoms with Gasteiger partial charge in [-0.15, -0.1) is 11.3 Å².